The van der Waals surface area contributed by atoms with Gasteiger partial charge >= 0.3 is 6.18 Å². The van der Waals surface area contributed by atoms with E-state index in [-0.39, 0.29) is 26.7 Å². The van der Waals surface area contributed by atoms with Crippen LogP contribution in [0.4, 0.5) is 18.9 Å². The average Bonchev–Trinajstić information content (AvgIpc) is 2.47. The highest BCUT2D eigenvalue weighted by atomic mass is 35.5. The van der Waals surface area contributed by atoms with Crippen LogP contribution < -0.4 is 5.32 Å². The zero-order valence-electron chi connectivity index (χ0n) is 13.1. The lowest BCUT2D eigenvalue weighted by atomic mass is 10.1. The largest absolute Gasteiger partial charge is 0.416 e. The number of anilines is 1. The number of nitrogens with one attached hydrogen (secondary N) is 1. The molecule has 134 valence electrons. The lowest BCUT2D eigenvalue weighted by Crippen LogP contribution is -2.15. The summed E-state index contributed by atoms with van der Waals surface area (Å²) >= 11 is 5.90. The van der Waals surface area contributed by atoms with Crippen LogP contribution in [0.15, 0.2) is 41.3 Å². The van der Waals surface area contributed by atoms with Crippen molar-refractivity contribution in [1.29, 1.82) is 0 Å². The van der Waals surface area contributed by atoms with Gasteiger partial charge in [0.1, 0.15) is 0 Å². The molecule has 4 nitrogen and oxygen atoms in total. The Morgan fingerprint density at radius 2 is 1.76 bits per heavy atom. The van der Waals surface area contributed by atoms with Crippen LogP contribution in [0.2, 0.25) is 5.02 Å². The highest BCUT2D eigenvalue weighted by Crippen LogP contribution is 2.33. The zero-order valence-corrected chi connectivity index (χ0v) is 14.7. The van der Waals surface area contributed by atoms with Gasteiger partial charge in [-0.1, -0.05) is 17.7 Å². The van der Waals surface area contributed by atoms with Gasteiger partial charge in [-0.15, -0.1) is 0 Å². The van der Waals surface area contributed by atoms with Gasteiger partial charge in [0.05, 0.1) is 21.0 Å². The van der Waals surface area contributed by atoms with Crippen molar-refractivity contribution in [1.82, 2.24) is 0 Å². The summed E-state index contributed by atoms with van der Waals surface area (Å²) in [5.74, 6) is -0.813. The predicted octanol–water partition coefficient (Wildman–Crippen LogP) is 4.32. The number of halogens is 4. The molecule has 9 heteroatoms. The number of carbonyl (C=O) groups is 1. The molecule has 0 saturated carbocycles. The first-order valence-electron chi connectivity index (χ1n) is 6.88. The van der Waals surface area contributed by atoms with E-state index in [2.05, 4.69) is 5.32 Å². The van der Waals surface area contributed by atoms with Crippen molar-refractivity contribution in [2.45, 2.75) is 18.0 Å². The molecule has 0 atom stereocenters. The molecule has 0 saturated heterocycles. The van der Waals surface area contributed by atoms with E-state index in [0.29, 0.717) is 0 Å². The molecule has 1 amide bonds. The minimum Gasteiger partial charge on any atom is -0.322 e. The Labute approximate surface area is 147 Å². The van der Waals surface area contributed by atoms with Gasteiger partial charge < -0.3 is 5.32 Å². The van der Waals surface area contributed by atoms with Gasteiger partial charge in [0, 0.05) is 11.9 Å². The summed E-state index contributed by atoms with van der Waals surface area (Å²) in [7, 11) is -3.57. The molecule has 0 aliphatic carbocycles. The van der Waals surface area contributed by atoms with Crippen molar-refractivity contribution in [2.24, 2.45) is 0 Å². The number of carbonyl (C=O) groups excluding carboxylic acids is 1. The summed E-state index contributed by atoms with van der Waals surface area (Å²) < 4.78 is 62.0. The molecule has 2 aromatic rings. The fourth-order valence-electron chi connectivity index (χ4n) is 2.11. The Kier molecular flexibility index (Phi) is 5.15. The quantitative estimate of drug-likeness (QED) is 0.847. The van der Waals surface area contributed by atoms with Crippen LogP contribution in [-0.2, 0) is 16.0 Å². The summed E-state index contributed by atoms with van der Waals surface area (Å²) in [4.78, 5) is 12.2. The van der Waals surface area contributed by atoms with Gasteiger partial charge in [-0.25, -0.2) is 8.42 Å². The zero-order chi connectivity index (χ0) is 19.0. The third kappa shape index (κ3) is 4.52. The van der Waals surface area contributed by atoms with Crippen molar-refractivity contribution in [3.05, 3.63) is 58.1 Å². The van der Waals surface area contributed by atoms with Gasteiger partial charge in [-0.2, -0.15) is 13.2 Å². The summed E-state index contributed by atoms with van der Waals surface area (Å²) in [5.41, 5.74) is -1.09. The first-order valence-corrected chi connectivity index (χ1v) is 9.15. The molecular formula is C16H13ClF3NO3S. The summed E-state index contributed by atoms with van der Waals surface area (Å²) in [5, 5.41) is 2.28. The Morgan fingerprint density at radius 1 is 1.12 bits per heavy atom. The number of sulfone groups is 1. The third-order valence-electron chi connectivity index (χ3n) is 3.41. The molecule has 0 radical (unpaired) electrons. The smallest absolute Gasteiger partial charge is 0.322 e. The number of amides is 1. The Hall–Kier alpha value is -2.06. The van der Waals surface area contributed by atoms with Crippen LogP contribution in [0, 0.1) is 6.92 Å². The van der Waals surface area contributed by atoms with Gasteiger partial charge in [0.25, 0.3) is 5.91 Å². The van der Waals surface area contributed by atoms with Gasteiger partial charge in [0.15, 0.2) is 9.84 Å². The van der Waals surface area contributed by atoms with Crippen molar-refractivity contribution in [3.8, 4) is 0 Å². The second-order valence-electron chi connectivity index (χ2n) is 5.40. The predicted molar refractivity (Wildman–Crippen MR) is 88.7 cm³/mol. The van der Waals surface area contributed by atoms with E-state index < -0.39 is 27.5 Å². The van der Waals surface area contributed by atoms with E-state index >= 15 is 0 Å². The SMILES string of the molecule is Cc1ccc(NC(=O)c2cc(S(C)(=O)=O)ccc2Cl)cc1C(F)(F)F. The minimum absolute atomic E-state index is 0.0163. The Balaban J connectivity index is 2.38. The van der Waals surface area contributed by atoms with Gasteiger partial charge in [-0.3, -0.25) is 4.79 Å². The topological polar surface area (TPSA) is 63.2 Å². The molecule has 0 aromatic heterocycles. The standard InChI is InChI=1S/C16H13ClF3NO3S/c1-9-3-4-10(7-13(9)16(18,19)20)21-15(22)12-8-11(25(2,23)24)5-6-14(12)17/h3-8H,1-2H3,(H,21,22). The molecule has 0 bridgehead atoms. The molecule has 0 heterocycles. The fraction of sp³-hybridized carbons (Fsp3) is 0.188. The Bertz CT molecular complexity index is 940. The van der Waals surface area contributed by atoms with E-state index in [4.69, 9.17) is 11.6 Å². The van der Waals surface area contributed by atoms with Crippen LogP contribution in [0.3, 0.4) is 0 Å². The molecule has 1 N–H and O–H groups in total. The molecule has 0 fully saturated rings. The van der Waals surface area contributed by atoms with Gasteiger partial charge in [-0.05, 0) is 42.8 Å². The number of aryl methyl sites for hydroxylation is 1. The summed E-state index contributed by atoms with van der Waals surface area (Å²) in [6, 6.07) is 6.91. The number of hydrogen-bond acceptors (Lipinski definition) is 3. The second kappa shape index (κ2) is 6.68. The molecule has 0 unspecified atom stereocenters. The molecular weight excluding hydrogens is 379 g/mol. The molecule has 0 spiro atoms. The van der Waals surface area contributed by atoms with Crippen molar-refractivity contribution >= 4 is 33.0 Å². The molecule has 2 aromatic carbocycles. The maximum Gasteiger partial charge on any atom is 0.416 e. The van der Waals surface area contributed by atoms with Crippen LogP contribution in [-0.4, -0.2) is 20.6 Å². The lowest BCUT2D eigenvalue weighted by Gasteiger charge is -2.13. The van der Waals surface area contributed by atoms with E-state index in [0.717, 1.165) is 18.4 Å². The van der Waals surface area contributed by atoms with E-state index in [1.807, 2.05) is 0 Å². The van der Waals surface area contributed by atoms with Crippen LogP contribution in [0.5, 0.6) is 0 Å². The second-order valence-corrected chi connectivity index (χ2v) is 7.82. The highest BCUT2D eigenvalue weighted by molar-refractivity contribution is 7.90. The molecule has 0 aliphatic rings. The van der Waals surface area contributed by atoms with Gasteiger partial charge in [0.2, 0.25) is 0 Å². The average molecular weight is 392 g/mol. The highest BCUT2D eigenvalue weighted by Gasteiger charge is 2.32. The van der Waals surface area contributed by atoms with Crippen molar-refractivity contribution in [3.63, 3.8) is 0 Å². The minimum atomic E-state index is -4.56. The van der Waals surface area contributed by atoms with E-state index in [9.17, 15) is 26.4 Å². The van der Waals surface area contributed by atoms with Crippen molar-refractivity contribution < 1.29 is 26.4 Å². The van der Waals surface area contributed by atoms with Crippen LogP contribution in [0.1, 0.15) is 21.5 Å². The monoisotopic (exact) mass is 391 g/mol. The maximum absolute atomic E-state index is 12.9. The maximum atomic E-state index is 12.9. The number of rotatable bonds is 3. The lowest BCUT2D eigenvalue weighted by molar-refractivity contribution is -0.138. The normalized spacial score (nSPS) is 12.1. The summed E-state index contributed by atoms with van der Waals surface area (Å²) in [6.07, 6.45) is -3.59. The Morgan fingerprint density at radius 3 is 2.32 bits per heavy atom. The number of hydrogen-bond donors (Lipinski definition) is 1. The molecule has 2 rings (SSSR count). The van der Waals surface area contributed by atoms with Crippen LogP contribution >= 0.6 is 11.6 Å². The van der Waals surface area contributed by atoms with E-state index in [1.165, 1.54) is 31.2 Å². The van der Waals surface area contributed by atoms with Crippen LogP contribution in [0.25, 0.3) is 0 Å². The third-order valence-corrected chi connectivity index (χ3v) is 4.85. The number of alkyl halides is 3. The molecule has 25 heavy (non-hydrogen) atoms. The summed E-state index contributed by atoms with van der Waals surface area (Å²) in [6.45, 7) is 1.31. The first kappa shape index (κ1) is 19.3. The molecule has 0 aliphatic heterocycles. The van der Waals surface area contributed by atoms with Crippen molar-refractivity contribution in [2.75, 3.05) is 11.6 Å². The fourth-order valence-corrected chi connectivity index (χ4v) is 2.96. The first-order chi connectivity index (χ1) is 11.4. The number of benzene rings is 2. The van der Waals surface area contributed by atoms with E-state index in [1.54, 1.807) is 0 Å².